The smallest absolute Gasteiger partial charge is 0.248 e. The van der Waals surface area contributed by atoms with Crippen molar-refractivity contribution in [2.45, 2.75) is 0 Å². The largest absolute Gasteiger partial charge is 0.416 e. The van der Waals surface area contributed by atoms with Gasteiger partial charge in [0.15, 0.2) is 0 Å². The molecule has 0 radical (unpaired) electrons. The van der Waals surface area contributed by atoms with E-state index >= 15 is 0 Å². The molecule has 6 heteroatoms. The maximum absolute atomic E-state index is 5.98. The number of nitrogens with zero attached hydrogens (tertiary/aromatic N) is 2. The molecule has 2 aromatic carbocycles. The van der Waals surface area contributed by atoms with E-state index in [-0.39, 0.29) is 0 Å². The van der Waals surface area contributed by atoms with Crippen LogP contribution in [-0.4, -0.2) is 10.2 Å². The molecule has 3 aromatic rings. The van der Waals surface area contributed by atoms with Crippen LogP contribution in [0.1, 0.15) is 0 Å². The molecule has 0 aliphatic heterocycles. The molecule has 100 valence electrons. The monoisotopic (exact) mass is 368 g/mol. The summed E-state index contributed by atoms with van der Waals surface area (Å²) >= 11 is 15.2. The average molecular weight is 370 g/mol. The van der Waals surface area contributed by atoms with Crippen LogP contribution in [0, 0.1) is 0 Å². The first-order valence-corrected chi connectivity index (χ1v) is 7.23. The van der Waals surface area contributed by atoms with Crippen LogP contribution in [0.25, 0.3) is 22.9 Å². The first-order chi connectivity index (χ1) is 9.63. The second kappa shape index (κ2) is 5.56. The van der Waals surface area contributed by atoms with Gasteiger partial charge in [0.05, 0.1) is 10.0 Å². The quantitative estimate of drug-likeness (QED) is 0.600. The van der Waals surface area contributed by atoms with Gasteiger partial charge in [0.25, 0.3) is 0 Å². The van der Waals surface area contributed by atoms with Gasteiger partial charge in [0.1, 0.15) is 0 Å². The molecule has 0 amide bonds. The summed E-state index contributed by atoms with van der Waals surface area (Å²) in [5.41, 5.74) is 1.59. The van der Waals surface area contributed by atoms with Gasteiger partial charge in [-0.2, -0.15) is 0 Å². The Labute approximate surface area is 133 Å². The number of rotatable bonds is 2. The zero-order chi connectivity index (χ0) is 14.1. The van der Waals surface area contributed by atoms with Crippen molar-refractivity contribution >= 4 is 39.1 Å². The minimum atomic E-state index is 0.404. The Bertz CT molecular complexity index is 756. The molecule has 1 aromatic heterocycles. The van der Waals surface area contributed by atoms with Crippen molar-refractivity contribution in [1.82, 2.24) is 10.2 Å². The molecule has 0 spiro atoms. The van der Waals surface area contributed by atoms with E-state index in [1.165, 1.54) is 0 Å². The first kappa shape index (κ1) is 13.6. The first-order valence-electron chi connectivity index (χ1n) is 5.68. The summed E-state index contributed by atoms with van der Waals surface area (Å²) in [6.07, 6.45) is 0. The Morgan fingerprint density at radius 1 is 0.800 bits per heavy atom. The molecule has 0 unspecified atom stereocenters. The molecular formula is C14H7BrCl2N2O. The topological polar surface area (TPSA) is 38.9 Å². The van der Waals surface area contributed by atoms with Crippen LogP contribution in [0.15, 0.2) is 51.4 Å². The van der Waals surface area contributed by atoms with Crippen molar-refractivity contribution in [3.05, 3.63) is 57.0 Å². The third-order valence-corrected chi connectivity index (χ3v) is 3.95. The average Bonchev–Trinajstić information content (AvgIpc) is 2.92. The molecule has 0 atom stereocenters. The van der Waals surface area contributed by atoms with Gasteiger partial charge in [-0.15, -0.1) is 10.2 Å². The Balaban J connectivity index is 1.97. The minimum Gasteiger partial charge on any atom is -0.416 e. The van der Waals surface area contributed by atoms with Crippen molar-refractivity contribution in [1.29, 1.82) is 0 Å². The number of hydrogen-bond donors (Lipinski definition) is 0. The van der Waals surface area contributed by atoms with Crippen LogP contribution in [0.4, 0.5) is 0 Å². The summed E-state index contributed by atoms with van der Waals surface area (Å²) in [6, 6.07) is 12.8. The molecule has 20 heavy (non-hydrogen) atoms. The summed E-state index contributed by atoms with van der Waals surface area (Å²) in [6.45, 7) is 0. The highest BCUT2D eigenvalue weighted by Crippen LogP contribution is 2.29. The Hall–Kier alpha value is -1.36. The van der Waals surface area contributed by atoms with E-state index < -0.39 is 0 Å². The predicted molar refractivity (Wildman–Crippen MR) is 82.9 cm³/mol. The lowest BCUT2D eigenvalue weighted by Crippen LogP contribution is -1.78. The normalized spacial score (nSPS) is 10.8. The van der Waals surface area contributed by atoms with Gasteiger partial charge in [-0.25, -0.2) is 0 Å². The highest BCUT2D eigenvalue weighted by atomic mass is 79.9. The Morgan fingerprint density at radius 3 is 2.05 bits per heavy atom. The standard InChI is InChI=1S/C14H7BrCl2N2O/c15-10-4-1-8(2-5-10)13-18-19-14(20-13)9-3-6-11(16)12(17)7-9/h1-7H. The van der Waals surface area contributed by atoms with E-state index in [4.69, 9.17) is 27.6 Å². The van der Waals surface area contributed by atoms with Crippen LogP contribution >= 0.6 is 39.1 Å². The molecule has 3 nitrogen and oxygen atoms in total. The highest BCUT2D eigenvalue weighted by Gasteiger charge is 2.11. The molecular weight excluding hydrogens is 363 g/mol. The summed E-state index contributed by atoms with van der Waals surface area (Å²) in [5, 5.41) is 9.00. The van der Waals surface area contributed by atoms with Gasteiger partial charge in [-0.1, -0.05) is 39.1 Å². The molecule has 0 aliphatic carbocycles. The van der Waals surface area contributed by atoms with E-state index in [9.17, 15) is 0 Å². The predicted octanol–water partition coefficient (Wildman–Crippen LogP) is 5.47. The summed E-state index contributed by atoms with van der Waals surface area (Å²) < 4.78 is 6.64. The van der Waals surface area contributed by atoms with Gasteiger partial charge in [0, 0.05) is 15.6 Å². The lowest BCUT2D eigenvalue weighted by molar-refractivity contribution is 0.584. The molecule has 1 heterocycles. The molecule has 3 rings (SSSR count). The molecule has 0 bridgehead atoms. The van der Waals surface area contributed by atoms with E-state index in [1.807, 2.05) is 24.3 Å². The molecule has 0 saturated carbocycles. The van der Waals surface area contributed by atoms with E-state index in [1.54, 1.807) is 18.2 Å². The lowest BCUT2D eigenvalue weighted by atomic mass is 10.2. The van der Waals surface area contributed by atoms with Crippen molar-refractivity contribution in [2.24, 2.45) is 0 Å². The fraction of sp³-hybridized carbons (Fsp3) is 0. The minimum absolute atomic E-state index is 0.404. The highest BCUT2D eigenvalue weighted by molar-refractivity contribution is 9.10. The molecule has 0 fully saturated rings. The summed E-state index contributed by atoms with van der Waals surface area (Å²) in [4.78, 5) is 0. The zero-order valence-corrected chi connectivity index (χ0v) is 13.1. The van der Waals surface area contributed by atoms with Crippen molar-refractivity contribution in [3.8, 4) is 22.9 Å². The van der Waals surface area contributed by atoms with Crippen LogP contribution in [-0.2, 0) is 0 Å². The molecule has 0 aliphatic rings. The second-order valence-corrected chi connectivity index (χ2v) is 5.78. The fourth-order valence-electron chi connectivity index (χ4n) is 1.68. The summed E-state index contributed by atoms with van der Waals surface area (Å²) in [5.74, 6) is 0.861. The zero-order valence-electron chi connectivity index (χ0n) is 9.98. The number of aromatic nitrogens is 2. The third-order valence-electron chi connectivity index (χ3n) is 2.68. The maximum Gasteiger partial charge on any atom is 0.248 e. The lowest BCUT2D eigenvalue weighted by Gasteiger charge is -1.98. The number of hydrogen-bond acceptors (Lipinski definition) is 3. The molecule has 0 N–H and O–H groups in total. The second-order valence-electron chi connectivity index (χ2n) is 4.05. The van der Waals surface area contributed by atoms with Gasteiger partial charge >= 0.3 is 0 Å². The van der Waals surface area contributed by atoms with Crippen molar-refractivity contribution < 1.29 is 4.42 Å². The van der Waals surface area contributed by atoms with E-state index in [2.05, 4.69) is 26.1 Å². The van der Waals surface area contributed by atoms with Crippen LogP contribution < -0.4 is 0 Å². The van der Waals surface area contributed by atoms with Crippen molar-refractivity contribution in [3.63, 3.8) is 0 Å². The van der Waals surface area contributed by atoms with E-state index in [0.717, 1.165) is 15.6 Å². The van der Waals surface area contributed by atoms with Crippen LogP contribution in [0.3, 0.4) is 0 Å². The number of halogens is 3. The SMILES string of the molecule is Clc1ccc(-c2nnc(-c3ccc(Br)cc3)o2)cc1Cl. The van der Waals surface area contributed by atoms with Gasteiger partial charge in [0.2, 0.25) is 11.8 Å². The van der Waals surface area contributed by atoms with Crippen LogP contribution in [0.5, 0.6) is 0 Å². The van der Waals surface area contributed by atoms with Gasteiger partial charge in [-0.05, 0) is 42.5 Å². The Kier molecular flexibility index (Phi) is 3.78. The fourth-order valence-corrected chi connectivity index (χ4v) is 2.24. The van der Waals surface area contributed by atoms with E-state index in [0.29, 0.717) is 21.8 Å². The van der Waals surface area contributed by atoms with Crippen molar-refractivity contribution in [2.75, 3.05) is 0 Å². The summed E-state index contributed by atoms with van der Waals surface area (Å²) in [7, 11) is 0. The van der Waals surface area contributed by atoms with Gasteiger partial charge < -0.3 is 4.42 Å². The molecule has 0 saturated heterocycles. The third kappa shape index (κ3) is 2.73. The number of benzene rings is 2. The maximum atomic E-state index is 5.98. The van der Waals surface area contributed by atoms with Gasteiger partial charge in [-0.3, -0.25) is 0 Å². The van der Waals surface area contributed by atoms with Crippen LogP contribution in [0.2, 0.25) is 10.0 Å². The Morgan fingerprint density at radius 2 is 1.40 bits per heavy atom.